The third kappa shape index (κ3) is 1.92. The van der Waals surface area contributed by atoms with Gasteiger partial charge in [-0.3, -0.25) is 5.10 Å². The van der Waals surface area contributed by atoms with Crippen LogP contribution in [0.1, 0.15) is 44.9 Å². The van der Waals surface area contributed by atoms with Gasteiger partial charge in [-0.2, -0.15) is 4.98 Å². The summed E-state index contributed by atoms with van der Waals surface area (Å²) in [4.78, 5) is 6.87. The van der Waals surface area contributed by atoms with Crippen LogP contribution >= 0.6 is 0 Å². The Labute approximate surface area is 102 Å². The third-order valence-corrected chi connectivity index (χ3v) is 4.26. The SMILES string of the molecule is CC1CC1c1nc(N2CCCC(N)C2C)n[nH]1. The predicted octanol–water partition coefficient (Wildman–Crippen LogP) is 1.24. The zero-order valence-electron chi connectivity index (χ0n) is 10.6. The maximum Gasteiger partial charge on any atom is 0.245 e. The molecule has 2 aliphatic rings. The average Bonchev–Trinajstić information content (AvgIpc) is 2.86. The van der Waals surface area contributed by atoms with Gasteiger partial charge in [-0.1, -0.05) is 6.92 Å². The molecule has 17 heavy (non-hydrogen) atoms. The second kappa shape index (κ2) is 3.98. The number of aromatic amines is 1. The quantitative estimate of drug-likeness (QED) is 0.809. The van der Waals surface area contributed by atoms with E-state index >= 15 is 0 Å². The number of anilines is 1. The van der Waals surface area contributed by atoms with Crippen LogP contribution in [-0.2, 0) is 0 Å². The number of hydrogen-bond donors (Lipinski definition) is 2. The lowest BCUT2D eigenvalue weighted by atomic mass is 9.99. The van der Waals surface area contributed by atoms with E-state index in [0.717, 1.165) is 37.1 Å². The van der Waals surface area contributed by atoms with Gasteiger partial charge >= 0.3 is 0 Å². The van der Waals surface area contributed by atoms with E-state index in [-0.39, 0.29) is 6.04 Å². The van der Waals surface area contributed by atoms with E-state index in [1.807, 2.05) is 0 Å². The first-order valence-corrected chi connectivity index (χ1v) is 6.61. The first-order valence-electron chi connectivity index (χ1n) is 6.61. The summed E-state index contributed by atoms with van der Waals surface area (Å²) in [6.45, 7) is 5.44. The zero-order valence-corrected chi connectivity index (χ0v) is 10.6. The Balaban J connectivity index is 1.76. The van der Waals surface area contributed by atoms with Gasteiger partial charge in [-0.15, -0.1) is 5.10 Å². The molecule has 5 nitrogen and oxygen atoms in total. The van der Waals surface area contributed by atoms with Crippen molar-refractivity contribution in [2.45, 2.75) is 51.1 Å². The maximum atomic E-state index is 6.10. The van der Waals surface area contributed by atoms with Crippen LogP contribution < -0.4 is 10.6 Å². The van der Waals surface area contributed by atoms with Crippen molar-refractivity contribution in [1.29, 1.82) is 0 Å². The predicted molar refractivity (Wildman–Crippen MR) is 66.9 cm³/mol. The smallest absolute Gasteiger partial charge is 0.245 e. The van der Waals surface area contributed by atoms with Crippen LogP contribution in [0.2, 0.25) is 0 Å². The first-order chi connectivity index (χ1) is 8.16. The number of nitrogens with zero attached hydrogens (tertiary/aromatic N) is 3. The van der Waals surface area contributed by atoms with Crippen LogP contribution in [0.3, 0.4) is 0 Å². The van der Waals surface area contributed by atoms with Crippen molar-refractivity contribution in [3.63, 3.8) is 0 Å². The number of nitrogens with one attached hydrogen (secondary N) is 1. The van der Waals surface area contributed by atoms with Gasteiger partial charge in [0, 0.05) is 24.5 Å². The van der Waals surface area contributed by atoms with Crippen molar-refractivity contribution in [2.75, 3.05) is 11.4 Å². The maximum absolute atomic E-state index is 6.10. The highest BCUT2D eigenvalue weighted by Gasteiger charge is 2.37. The normalized spacial score (nSPS) is 37.2. The van der Waals surface area contributed by atoms with Crippen molar-refractivity contribution < 1.29 is 0 Å². The Morgan fingerprint density at radius 1 is 1.41 bits per heavy atom. The second-order valence-corrected chi connectivity index (χ2v) is 5.58. The highest BCUT2D eigenvalue weighted by atomic mass is 15.4. The molecule has 3 rings (SSSR count). The van der Waals surface area contributed by atoms with Crippen LogP contribution in [0.15, 0.2) is 0 Å². The number of hydrogen-bond acceptors (Lipinski definition) is 4. The summed E-state index contributed by atoms with van der Waals surface area (Å²) in [5.74, 6) is 3.25. The Morgan fingerprint density at radius 2 is 2.18 bits per heavy atom. The molecule has 1 saturated heterocycles. The molecule has 0 radical (unpaired) electrons. The number of nitrogens with two attached hydrogens (primary N) is 1. The Morgan fingerprint density at radius 3 is 2.88 bits per heavy atom. The minimum atomic E-state index is 0.241. The highest BCUT2D eigenvalue weighted by molar-refractivity contribution is 5.33. The lowest BCUT2D eigenvalue weighted by molar-refractivity contribution is 0.416. The average molecular weight is 235 g/mol. The van der Waals surface area contributed by atoms with E-state index in [9.17, 15) is 0 Å². The fraction of sp³-hybridized carbons (Fsp3) is 0.833. The molecule has 4 unspecified atom stereocenters. The minimum Gasteiger partial charge on any atom is -0.335 e. The molecule has 2 heterocycles. The summed E-state index contributed by atoms with van der Waals surface area (Å²) in [6, 6.07) is 0.578. The largest absolute Gasteiger partial charge is 0.335 e. The van der Waals surface area contributed by atoms with Crippen molar-refractivity contribution >= 4 is 5.95 Å². The van der Waals surface area contributed by atoms with Gasteiger partial charge in [0.1, 0.15) is 5.82 Å². The fourth-order valence-corrected chi connectivity index (χ4v) is 2.72. The number of piperidine rings is 1. The van der Waals surface area contributed by atoms with Gasteiger partial charge in [-0.25, -0.2) is 0 Å². The summed E-state index contributed by atoms with van der Waals surface area (Å²) >= 11 is 0. The monoisotopic (exact) mass is 235 g/mol. The minimum absolute atomic E-state index is 0.241. The number of aromatic nitrogens is 3. The van der Waals surface area contributed by atoms with Crippen LogP contribution in [0.4, 0.5) is 5.95 Å². The van der Waals surface area contributed by atoms with E-state index in [4.69, 9.17) is 5.73 Å². The molecule has 2 fully saturated rings. The summed E-state index contributed by atoms with van der Waals surface area (Å²) in [5.41, 5.74) is 6.10. The van der Waals surface area contributed by atoms with Gasteiger partial charge < -0.3 is 10.6 Å². The summed E-state index contributed by atoms with van der Waals surface area (Å²) in [7, 11) is 0. The molecule has 94 valence electrons. The Hall–Kier alpha value is -1.10. The van der Waals surface area contributed by atoms with Crippen molar-refractivity contribution in [2.24, 2.45) is 11.7 Å². The lowest BCUT2D eigenvalue weighted by Gasteiger charge is -2.36. The molecule has 0 bridgehead atoms. The molecule has 0 aromatic carbocycles. The lowest BCUT2D eigenvalue weighted by Crippen LogP contribution is -2.50. The molecule has 1 aliphatic heterocycles. The standard InChI is InChI=1S/C12H21N5/c1-7-6-9(7)11-14-12(16-15-11)17-5-3-4-10(13)8(17)2/h7-10H,3-6,13H2,1-2H3,(H,14,15,16). The molecule has 5 heteroatoms. The molecule has 4 atom stereocenters. The van der Waals surface area contributed by atoms with E-state index in [2.05, 4.69) is 33.9 Å². The first kappa shape index (κ1) is 11.0. The van der Waals surface area contributed by atoms with Gasteiger partial charge in [0.2, 0.25) is 5.95 Å². The van der Waals surface area contributed by atoms with Crippen molar-refractivity contribution in [3.8, 4) is 0 Å². The van der Waals surface area contributed by atoms with Crippen LogP contribution in [0.5, 0.6) is 0 Å². The van der Waals surface area contributed by atoms with Gasteiger partial charge in [0.05, 0.1) is 0 Å². The third-order valence-electron chi connectivity index (χ3n) is 4.26. The summed E-state index contributed by atoms with van der Waals surface area (Å²) in [6.07, 6.45) is 3.48. The summed E-state index contributed by atoms with van der Waals surface area (Å²) in [5, 5.41) is 7.44. The Kier molecular flexibility index (Phi) is 2.58. The van der Waals surface area contributed by atoms with Crippen LogP contribution in [0, 0.1) is 5.92 Å². The van der Waals surface area contributed by atoms with Crippen LogP contribution in [0.25, 0.3) is 0 Å². The zero-order chi connectivity index (χ0) is 12.0. The molecule has 0 spiro atoms. The van der Waals surface area contributed by atoms with Crippen molar-refractivity contribution in [1.82, 2.24) is 15.2 Å². The van der Waals surface area contributed by atoms with Crippen LogP contribution in [-0.4, -0.2) is 33.8 Å². The second-order valence-electron chi connectivity index (χ2n) is 5.58. The highest BCUT2D eigenvalue weighted by Crippen LogP contribution is 2.45. The number of rotatable bonds is 2. The molecule has 3 N–H and O–H groups in total. The molecule has 0 amide bonds. The summed E-state index contributed by atoms with van der Waals surface area (Å²) < 4.78 is 0. The van der Waals surface area contributed by atoms with Gasteiger partial charge in [-0.05, 0) is 32.1 Å². The fourth-order valence-electron chi connectivity index (χ4n) is 2.72. The van der Waals surface area contributed by atoms with E-state index in [0.29, 0.717) is 12.0 Å². The van der Waals surface area contributed by atoms with E-state index < -0.39 is 0 Å². The topological polar surface area (TPSA) is 70.8 Å². The molecular weight excluding hydrogens is 214 g/mol. The van der Waals surface area contributed by atoms with E-state index in [1.165, 1.54) is 6.42 Å². The Bertz CT molecular complexity index is 401. The van der Waals surface area contributed by atoms with Gasteiger partial charge in [0.25, 0.3) is 0 Å². The molecule has 1 saturated carbocycles. The van der Waals surface area contributed by atoms with E-state index in [1.54, 1.807) is 0 Å². The molecule has 1 aliphatic carbocycles. The van der Waals surface area contributed by atoms with Crippen molar-refractivity contribution in [3.05, 3.63) is 5.82 Å². The molecule has 1 aromatic rings. The number of H-pyrrole nitrogens is 1. The van der Waals surface area contributed by atoms with Gasteiger partial charge in [0.15, 0.2) is 0 Å². The molecular formula is C12H21N5. The molecule has 1 aromatic heterocycles.